The van der Waals surface area contributed by atoms with Gasteiger partial charge < -0.3 is 9.88 Å². The van der Waals surface area contributed by atoms with Gasteiger partial charge in [0.15, 0.2) is 5.82 Å². The van der Waals surface area contributed by atoms with Crippen LogP contribution in [0.25, 0.3) is 10.9 Å². The molecule has 3 rings (SSSR count). The van der Waals surface area contributed by atoms with Gasteiger partial charge in [-0.25, -0.2) is 4.39 Å². The molecule has 1 aliphatic heterocycles. The van der Waals surface area contributed by atoms with E-state index in [1.54, 1.807) is 17.9 Å². The number of nitrogens with one attached hydrogen (secondary N) is 1. The number of carbonyl (C=O) groups is 1. The first-order valence-corrected chi connectivity index (χ1v) is 6.07. The quantitative estimate of drug-likeness (QED) is 0.794. The predicted octanol–water partition coefficient (Wildman–Crippen LogP) is 2.00. The summed E-state index contributed by atoms with van der Waals surface area (Å²) in [4.78, 5) is 15.6. The van der Waals surface area contributed by atoms with Gasteiger partial charge in [-0.15, -0.1) is 0 Å². The average molecular weight is 257 g/mol. The summed E-state index contributed by atoms with van der Waals surface area (Å²) in [5.41, 5.74) is 3.02. The minimum atomic E-state index is -0.374. The molecule has 1 amide bonds. The summed E-state index contributed by atoms with van der Waals surface area (Å²) in [5, 5.41) is 9.76. The lowest BCUT2D eigenvalue weighted by Gasteiger charge is -2.22. The van der Waals surface area contributed by atoms with E-state index >= 15 is 0 Å². The Morgan fingerprint density at radius 3 is 3.05 bits per heavy atom. The van der Waals surface area contributed by atoms with Crippen LogP contribution in [0.1, 0.15) is 22.4 Å². The SMILES string of the molecule is Cc1c(C#N)cc2c3c([nH]c2c1F)CCN(C=O)C3. The fourth-order valence-electron chi connectivity index (χ4n) is 2.64. The van der Waals surface area contributed by atoms with Crippen molar-refractivity contribution in [2.24, 2.45) is 0 Å². The molecular weight excluding hydrogens is 245 g/mol. The number of hydrogen-bond donors (Lipinski definition) is 1. The summed E-state index contributed by atoms with van der Waals surface area (Å²) in [7, 11) is 0. The molecule has 0 unspecified atom stereocenters. The molecule has 2 heterocycles. The second-order valence-corrected chi connectivity index (χ2v) is 4.81. The zero-order chi connectivity index (χ0) is 13.6. The Labute approximate surface area is 109 Å². The summed E-state index contributed by atoms with van der Waals surface area (Å²) in [6.45, 7) is 2.70. The van der Waals surface area contributed by atoms with Gasteiger partial charge in [-0.05, 0) is 13.0 Å². The van der Waals surface area contributed by atoms with Crippen LogP contribution in [-0.2, 0) is 17.8 Å². The zero-order valence-electron chi connectivity index (χ0n) is 10.5. The van der Waals surface area contributed by atoms with E-state index < -0.39 is 0 Å². The summed E-state index contributed by atoms with van der Waals surface area (Å²) < 4.78 is 14.2. The third-order valence-electron chi connectivity index (χ3n) is 3.76. The van der Waals surface area contributed by atoms with Crippen molar-refractivity contribution in [2.75, 3.05) is 6.54 Å². The normalized spacial score (nSPS) is 14.3. The van der Waals surface area contributed by atoms with Gasteiger partial charge in [0.25, 0.3) is 0 Å². The molecule has 5 heteroatoms. The molecule has 4 nitrogen and oxygen atoms in total. The molecule has 1 aliphatic rings. The predicted molar refractivity (Wildman–Crippen MR) is 67.9 cm³/mol. The highest BCUT2D eigenvalue weighted by Gasteiger charge is 2.22. The topological polar surface area (TPSA) is 59.9 Å². The molecule has 1 N–H and O–H groups in total. The minimum Gasteiger partial charge on any atom is -0.356 e. The number of nitriles is 1. The molecule has 19 heavy (non-hydrogen) atoms. The first kappa shape index (κ1) is 11.7. The van der Waals surface area contributed by atoms with Gasteiger partial charge in [-0.1, -0.05) is 0 Å². The van der Waals surface area contributed by atoms with Gasteiger partial charge >= 0.3 is 0 Å². The number of fused-ring (bicyclic) bond motifs is 3. The molecular formula is C14H12FN3O. The highest BCUT2D eigenvalue weighted by atomic mass is 19.1. The van der Waals surface area contributed by atoms with Crippen molar-refractivity contribution in [3.63, 3.8) is 0 Å². The highest BCUT2D eigenvalue weighted by molar-refractivity contribution is 5.88. The lowest BCUT2D eigenvalue weighted by molar-refractivity contribution is -0.118. The van der Waals surface area contributed by atoms with E-state index in [9.17, 15) is 9.18 Å². The van der Waals surface area contributed by atoms with Crippen molar-refractivity contribution < 1.29 is 9.18 Å². The van der Waals surface area contributed by atoms with E-state index in [0.717, 1.165) is 17.7 Å². The van der Waals surface area contributed by atoms with Crippen LogP contribution >= 0.6 is 0 Å². The van der Waals surface area contributed by atoms with Crippen molar-refractivity contribution in [3.05, 3.63) is 34.3 Å². The van der Waals surface area contributed by atoms with Crippen LogP contribution in [0.3, 0.4) is 0 Å². The molecule has 96 valence electrons. The molecule has 0 atom stereocenters. The number of carbonyl (C=O) groups excluding carboxylic acids is 1. The van der Waals surface area contributed by atoms with Crippen molar-refractivity contribution in [1.29, 1.82) is 5.26 Å². The number of rotatable bonds is 1. The summed E-state index contributed by atoms with van der Waals surface area (Å²) in [6, 6.07) is 3.72. The van der Waals surface area contributed by atoms with Crippen LogP contribution in [-0.4, -0.2) is 22.8 Å². The lowest BCUT2D eigenvalue weighted by atomic mass is 10.0. The fourth-order valence-corrected chi connectivity index (χ4v) is 2.64. The number of benzene rings is 1. The molecule has 0 aliphatic carbocycles. The van der Waals surface area contributed by atoms with E-state index in [4.69, 9.17) is 5.26 Å². The smallest absolute Gasteiger partial charge is 0.210 e. The Balaban J connectivity index is 2.29. The second kappa shape index (κ2) is 4.09. The molecule has 0 saturated carbocycles. The number of aromatic nitrogens is 1. The standard InChI is InChI=1S/C14H12FN3O/c1-8-9(5-16)4-10-11-6-18(7-19)3-2-12(11)17-14(10)13(8)15/h4,7,17H,2-3,6H2,1H3. The summed E-state index contributed by atoms with van der Waals surface area (Å²) in [6.07, 6.45) is 1.49. The maximum Gasteiger partial charge on any atom is 0.210 e. The van der Waals surface area contributed by atoms with Crippen molar-refractivity contribution in [3.8, 4) is 6.07 Å². The molecule has 2 aromatic rings. The van der Waals surface area contributed by atoms with Crippen LogP contribution in [0, 0.1) is 24.1 Å². The van der Waals surface area contributed by atoms with Crippen LogP contribution < -0.4 is 0 Å². The van der Waals surface area contributed by atoms with Crippen LogP contribution in [0.4, 0.5) is 4.39 Å². The molecule has 0 bridgehead atoms. The minimum absolute atomic E-state index is 0.343. The van der Waals surface area contributed by atoms with Gasteiger partial charge in [0, 0.05) is 41.7 Å². The number of aromatic amines is 1. The fraction of sp³-hybridized carbons (Fsp3) is 0.286. The van der Waals surface area contributed by atoms with Gasteiger partial charge in [0.05, 0.1) is 17.1 Å². The van der Waals surface area contributed by atoms with E-state index in [1.165, 1.54) is 0 Å². The van der Waals surface area contributed by atoms with E-state index in [0.29, 0.717) is 41.5 Å². The van der Waals surface area contributed by atoms with E-state index in [-0.39, 0.29) is 5.82 Å². The van der Waals surface area contributed by atoms with Crippen molar-refractivity contribution in [1.82, 2.24) is 9.88 Å². The molecule has 1 aromatic heterocycles. The molecule has 1 aromatic carbocycles. The van der Waals surface area contributed by atoms with Crippen LogP contribution in [0.2, 0.25) is 0 Å². The number of amides is 1. The average Bonchev–Trinajstić information content (AvgIpc) is 2.80. The van der Waals surface area contributed by atoms with Crippen molar-refractivity contribution in [2.45, 2.75) is 19.9 Å². The number of halogens is 1. The van der Waals surface area contributed by atoms with Crippen LogP contribution in [0.5, 0.6) is 0 Å². The number of nitrogens with zero attached hydrogens (tertiary/aromatic N) is 2. The Bertz CT molecular complexity index is 727. The Kier molecular flexibility index (Phi) is 2.53. The van der Waals surface area contributed by atoms with E-state index in [2.05, 4.69) is 4.98 Å². The summed E-state index contributed by atoms with van der Waals surface area (Å²) in [5.74, 6) is -0.374. The number of hydrogen-bond acceptors (Lipinski definition) is 2. The molecule has 0 saturated heterocycles. The van der Waals surface area contributed by atoms with Crippen LogP contribution in [0.15, 0.2) is 6.07 Å². The maximum absolute atomic E-state index is 14.2. The zero-order valence-corrected chi connectivity index (χ0v) is 10.5. The first-order chi connectivity index (χ1) is 9.15. The Hall–Kier alpha value is -2.35. The largest absolute Gasteiger partial charge is 0.356 e. The second-order valence-electron chi connectivity index (χ2n) is 4.81. The van der Waals surface area contributed by atoms with Gasteiger partial charge in [-0.3, -0.25) is 4.79 Å². The molecule has 0 spiro atoms. The van der Waals surface area contributed by atoms with E-state index in [1.807, 2.05) is 6.07 Å². The van der Waals surface area contributed by atoms with Gasteiger partial charge in [-0.2, -0.15) is 5.26 Å². The lowest BCUT2D eigenvalue weighted by Crippen LogP contribution is -2.28. The van der Waals surface area contributed by atoms with Crippen molar-refractivity contribution >= 4 is 17.3 Å². The third-order valence-corrected chi connectivity index (χ3v) is 3.76. The Morgan fingerprint density at radius 2 is 2.37 bits per heavy atom. The summed E-state index contributed by atoms with van der Waals surface area (Å²) >= 11 is 0. The third kappa shape index (κ3) is 1.60. The maximum atomic E-state index is 14.2. The molecule has 0 fully saturated rings. The Morgan fingerprint density at radius 1 is 1.58 bits per heavy atom. The van der Waals surface area contributed by atoms with Gasteiger partial charge in [0.1, 0.15) is 0 Å². The first-order valence-electron chi connectivity index (χ1n) is 6.07. The number of H-pyrrole nitrogens is 1. The van der Waals surface area contributed by atoms with Gasteiger partial charge in [0.2, 0.25) is 6.41 Å². The highest BCUT2D eigenvalue weighted by Crippen LogP contribution is 2.31. The monoisotopic (exact) mass is 257 g/mol. The molecule has 0 radical (unpaired) electrons.